The van der Waals surface area contributed by atoms with Crippen molar-refractivity contribution in [3.63, 3.8) is 0 Å². The van der Waals surface area contributed by atoms with Crippen molar-refractivity contribution in [2.75, 3.05) is 0 Å². The minimum absolute atomic E-state index is 0.0387. The molecule has 1 aliphatic carbocycles. The number of hydrogen-bond donors (Lipinski definition) is 0. The highest BCUT2D eigenvalue weighted by atomic mass is 32.2. The van der Waals surface area contributed by atoms with Gasteiger partial charge in [0.25, 0.3) is 0 Å². The monoisotopic (exact) mass is 395 g/mol. The standard InChI is InChI=1S/C25H31S2/c1-3-11-23(12-4-2)27(24-15-9-6-10-16-24)25-19-17-22(18-20-25)26-21-13-7-5-8-14-21/h3,6,9-12,15-21H,4-5,7-8,13-14H2,1-2H3/q+1/b11-3-,23-12+. The van der Waals surface area contributed by atoms with Gasteiger partial charge in [-0.3, -0.25) is 0 Å². The summed E-state index contributed by atoms with van der Waals surface area (Å²) in [6.07, 6.45) is 14.9. The Morgan fingerprint density at radius 1 is 0.963 bits per heavy atom. The van der Waals surface area contributed by atoms with Crippen LogP contribution in [0.2, 0.25) is 0 Å². The summed E-state index contributed by atoms with van der Waals surface area (Å²) in [5.41, 5.74) is 0. The van der Waals surface area contributed by atoms with Crippen molar-refractivity contribution >= 4 is 22.7 Å². The summed E-state index contributed by atoms with van der Waals surface area (Å²) < 4.78 is 0. The Bertz CT molecular complexity index is 738. The first-order valence-electron chi connectivity index (χ1n) is 10.2. The van der Waals surface area contributed by atoms with Gasteiger partial charge in [-0.1, -0.05) is 50.5 Å². The van der Waals surface area contributed by atoms with Crippen LogP contribution in [0, 0.1) is 0 Å². The second kappa shape index (κ2) is 10.8. The fourth-order valence-corrected chi connectivity index (χ4v) is 7.09. The second-order valence-electron chi connectivity index (χ2n) is 6.98. The molecule has 1 aliphatic rings. The third kappa shape index (κ3) is 5.80. The van der Waals surface area contributed by atoms with Gasteiger partial charge in [0.15, 0.2) is 14.7 Å². The number of thioether (sulfide) groups is 1. The van der Waals surface area contributed by atoms with Crippen molar-refractivity contribution in [3.8, 4) is 0 Å². The molecule has 27 heavy (non-hydrogen) atoms. The molecule has 0 amide bonds. The highest BCUT2D eigenvalue weighted by Gasteiger charge is 2.29. The minimum atomic E-state index is -0.0387. The van der Waals surface area contributed by atoms with Crippen molar-refractivity contribution in [1.82, 2.24) is 0 Å². The van der Waals surface area contributed by atoms with Crippen molar-refractivity contribution < 1.29 is 0 Å². The minimum Gasteiger partial charge on any atom is -0.123 e. The Kier molecular flexibility index (Phi) is 8.16. The Balaban J connectivity index is 1.86. The van der Waals surface area contributed by atoms with Gasteiger partial charge < -0.3 is 0 Å². The van der Waals surface area contributed by atoms with Gasteiger partial charge in [0.2, 0.25) is 0 Å². The van der Waals surface area contributed by atoms with E-state index in [0.717, 1.165) is 11.7 Å². The van der Waals surface area contributed by atoms with E-state index < -0.39 is 0 Å². The van der Waals surface area contributed by atoms with Crippen LogP contribution in [-0.4, -0.2) is 5.25 Å². The van der Waals surface area contributed by atoms with Gasteiger partial charge in [0.05, 0.1) is 10.9 Å². The van der Waals surface area contributed by atoms with Crippen LogP contribution in [0.1, 0.15) is 52.4 Å². The predicted octanol–water partition coefficient (Wildman–Crippen LogP) is 8.02. The first kappa shape index (κ1) is 20.4. The Morgan fingerprint density at radius 2 is 1.63 bits per heavy atom. The molecule has 1 fully saturated rings. The highest BCUT2D eigenvalue weighted by Crippen LogP contribution is 2.36. The quantitative estimate of drug-likeness (QED) is 0.338. The molecule has 2 aromatic carbocycles. The third-order valence-electron chi connectivity index (χ3n) is 4.87. The number of rotatable bonds is 7. The highest BCUT2D eigenvalue weighted by molar-refractivity contribution is 8.01. The molecular formula is C25H31S2+. The maximum absolute atomic E-state index is 2.38. The van der Waals surface area contributed by atoms with E-state index in [0.29, 0.717) is 0 Å². The lowest BCUT2D eigenvalue weighted by molar-refractivity contribution is 0.516. The van der Waals surface area contributed by atoms with Gasteiger partial charge in [-0.15, -0.1) is 11.8 Å². The summed E-state index contributed by atoms with van der Waals surface area (Å²) in [5.74, 6) is 0. The molecule has 1 unspecified atom stereocenters. The summed E-state index contributed by atoms with van der Waals surface area (Å²) >= 11 is 2.08. The van der Waals surface area contributed by atoms with E-state index in [1.54, 1.807) is 0 Å². The summed E-state index contributed by atoms with van der Waals surface area (Å²) in [6.45, 7) is 4.33. The van der Waals surface area contributed by atoms with Crippen LogP contribution in [0.3, 0.4) is 0 Å². The first-order chi connectivity index (χ1) is 13.3. The van der Waals surface area contributed by atoms with Gasteiger partial charge in [-0.2, -0.15) is 0 Å². The van der Waals surface area contributed by atoms with E-state index in [9.17, 15) is 0 Å². The summed E-state index contributed by atoms with van der Waals surface area (Å²) in [7, 11) is -0.0387. The average Bonchev–Trinajstić information content (AvgIpc) is 2.71. The van der Waals surface area contributed by atoms with Crippen LogP contribution in [0.15, 0.2) is 92.4 Å². The maximum Gasteiger partial charge on any atom is 0.166 e. The van der Waals surface area contributed by atoms with Crippen LogP contribution in [0.25, 0.3) is 0 Å². The molecule has 1 saturated carbocycles. The molecule has 0 bridgehead atoms. The fourth-order valence-electron chi connectivity index (χ4n) is 3.58. The normalized spacial score (nSPS) is 17.3. The van der Waals surface area contributed by atoms with Crippen molar-refractivity contribution in [3.05, 3.63) is 77.7 Å². The molecule has 142 valence electrons. The molecule has 0 spiro atoms. The number of allylic oxidation sites excluding steroid dienone is 3. The summed E-state index contributed by atoms with van der Waals surface area (Å²) in [4.78, 5) is 5.64. The molecule has 0 N–H and O–H groups in total. The molecule has 0 nitrogen and oxygen atoms in total. The maximum atomic E-state index is 2.38. The third-order valence-corrected chi connectivity index (χ3v) is 8.48. The van der Waals surface area contributed by atoms with Crippen molar-refractivity contribution in [1.29, 1.82) is 0 Å². The molecule has 2 heteroatoms. The molecule has 0 aromatic heterocycles. The van der Waals surface area contributed by atoms with Gasteiger partial charge >= 0.3 is 0 Å². The van der Waals surface area contributed by atoms with E-state index in [4.69, 9.17) is 0 Å². The van der Waals surface area contributed by atoms with E-state index in [-0.39, 0.29) is 10.9 Å². The van der Waals surface area contributed by atoms with Gasteiger partial charge in [0.1, 0.15) is 0 Å². The predicted molar refractivity (Wildman–Crippen MR) is 123 cm³/mol. The number of benzene rings is 2. The van der Waals surface area contributed by atoms with E-state index in [2.05, 4.69) is 98.4 Å². The molecule has 0 saturated heterocycles. The largest absolute Gasteiger partial charge is 0.166 e. The molecule has 3 rings (SSSR count). The molecule has 0 heterocycles. The van der Waals surface area contributed by atoms with E-state index in [1.165, 1.54) is 51.7 Å². The van der Waals surface area contributed by atoms with Crippen molar-refractivity contribution in [2.24, 2.45) is 0 Å². The zero-order chi connectivity index (χ0) is 18.9. The lowest BCUT2D eigenvalue weighted by Crippen LogP contribution is -2.08. The molecule has 2 aromatic rings. The lowest BCUT2D eigenvalue weighted by Gasteiger charge is -2.20. The molecule has 1 atom stereocenters. The lowest BCUT2D eigenvalue weighted by atomic mass is 10.0. The average molecular weight is 396 g/mol. The van der Waals surface area contributed by atoms with E-state index >= 15 is 0 Å². The Morgan fingerprint density at radius 3 is 2.26 bits per heavy atom. The second-order valence-corrected chi connectivity index (χ2v) is 10.4. The van der Waals surface area contributed by atoms with Crippen LogP contribution in [0.4, 0.5) is 0 Å². The summed E-state index contributed by atoms with van der Waals surface area (Å²) in [5, 5.41) is 0.815. The van der Waals surface area contributed by atoms with Crippen molar-refractivity contribution in [2.45, 2.75) is 72.3 Å². The van der Waals surface area contributed by atoms with E-state index in [1.807, 2.05) is 0 Å². The summed E-state index contributed by atoms with van der Waals surface area (Å²) in [6, 6.07) is 20.3. The molecule has 0 radical (unpaired) electrons. The molecule has 0 aliphatic heterocycles. The Hall–Kier alpha value is -1.38. The van der Waals surface area contributed by atoms with Gasteiger partial charge in [-0.25, -0.2) is 0 Å². The fraction of sp³-hybridized carbons (Fsp3) is 0.360. The first-order valence-corrected chi connectivity index (χ1v) is 12.3. The Labute approximate surface area is 172 Å². The van der Waals surface area contributed by atoms with Crippen LogP contribution in [-0.2, 0) is 10.9 Å². The van der Waals surface area contributed by atoms with Gasteiger partial charge in [0, 0.05) is 10.1 Å². The number of hydrogen-bond acceptors (Lipinski definition) is 1. The van der Waals surface area contributed by atoms with Crippen LogP contribution >= 0.6 is 11.8 Å². The molecular weight excluding hydrogens is 364 g/mol. The van der Waals surface area contributed by atoms with Crippen LogP contribution in [0.5, 0.6) is 0 Å². The zero-order valence-electron chi connectivity index (χ0n) is 16.6. The van der Waals surface area contributed by atoms with Crippen LogP contribution < -0.4 is 0 Å². The SMILES string of the molecule is C/C=C\C(=C/CC)[S+](c1ccccc1)c1ccc(SC2CCCCC2)cc1. The smallest absolute Gasteiger partial charge is 0.123 e. The van der Waals surface area contributed by atoms with Gasteiger partial charge in [-0.05, 0) is 74.7 Å². The zero-order valence-corrected chi connectivity index (χ0v) is 18.2. The topological polar surface area (TPSA) is 0 Å².